The van der Waals surface area contributed by atoms with Crippen LogP contribution < -0.4 is 10.6 Å². The van der Waals surface area contributed by atoms with Crippen molar-refractivity contribution in [2.75, 3.05) is 5.32 Å². The number of carboxylic acids is 1. The number of amides is 1. The van der Waals surface area contributed by atoms with Gasteiger partial charge in [0.15, 0.2) is 5.11 Å². The van der Waals surface area contributed by atoms with Gasteiger partial charge in [-0.1, -0.05) is 45.2 Å². The number of halogens is 4. The number of carboxylic acid groups (broad SMARTS) is 1. The first-order valence-corrected chi connectivity index (χ1v) is 9.90. The summed E-state index contributed by atoms with van der Waals surface area (Å²) in [5.41, 5.74) is 0.816. The van der Waals surface area contributed by atoms with E-state index in [1.54, 1.807) is 24.3 Å². The summed E-state index contributed by atoms with van der Waals surface area (Å²) in [5, 5.41) is 15.3. The molecule has 10 heteroatoms. The summed E-state index contributed by atoms with van der Waals surface area (Å²) < 4.78 is 1.05. The van der Waals surface area contributed by atoms with Crippen LogP contribution in [-0.2, 0) is 4.79 Å². The molecule has 0 aliphatic rings. The minimum absolute atomic E-state index is 0.0173. The number of rotatable bonds is 4. The van der Waals surface area contributed by atoms with Crippen LogP contribution in [0.25, 0.3) is 6.08 Å². The van der Waals surface area contributed by atoms with Crippen molar-refractivity contribution in [1.29, 1.82) is 0 Å². The van der Waals surface area contributed by atoms with Crippen LogP contribution in [-0.4, -0.2) is 22.1 Å². The molecule has 0 unspecified atom stereocenters. The number of carbonyl (C=O) groups excluding carboxylic acids is 1. The van der Waals surface area contributed by atoms with Crippen molar-refractivity contribution in [1.82, 2.24) is 5.32 Å². The molecular formula is C17H10Br2Cl2N2O3S. The van der Waals surface area contributed by atoms with Crippen molar-refractivity contribution in [3.05, 3.63) is 66.5 Å². The van der Waals surface area contributed by atoms with Crippen molar-refractivity contribution in [3.8, 4) is 0 Å². The fourth-order valence-corrected chi connectivity index (χ4v) is 3.97. The minimum atomic E-state index is -1.15. The molecule has 0 heterocycles. The van der Waals surface area contributed by atoms with E-state index in [1.807, 2.05) is 0 Å². The van der Waals surface area contributed by atoms with Gasteiger partial charge in [0.05, 0.1) is 11.3 Å². The second kappa shape index (κ2) is 9.66. The Morgan fingerprint density at radius 3 is 2.48 bits per heavy atom. The highest BCUT2D eigenvalue weighted by Gasteiger charge is 2.16. The van der Waals surface area contributed by atoms with Gasteiger partial charge in [-0.15, -0.1) is 0 Å². The van der Waals surface area contributed by atoms with Gasteiger partial charge < -0.3 is 10.4 Å². The van der Waals surface area contributed by atoms with Crippen LogP contribution in [0.1, 0.15) is 15.9 Å². The van der Waals surface area contributed by atoms with Crippen molar-refractivity contribution < 1.29 is 14.7 Å². The number of aromatic carboxylic acids is 1. The lowest BCUT2D eigenvalue weighted by molar-refractivity contribution is -0.115. The topological polar surface area (TPSA) is 78.4 Å². The second-order valence-electron chi connectivity index (χ2n) is 5.06. The van der Waals surface area contributed by atoms with Gasteiger partial charge in [-0.2, -0.15) is 0 Å². The van der Waals surface area contributed by atoms with Crippen molar-refractivity contribution in [3.63, 3.8) is 0 Å². The van der Waals surface area contributed by atoms with E-state index in [4.69, 9.17) is 35.4 Å². The van der Waals surface area contributed by atoms with E-state index in [0.717, 1.165) is 0 Å². The van der Waals surface area contributed by atoms with Gasteiger partial charge in [-0.25, -0.2) is 4.79 Å². The molecule has 2 aromatic rings. The first-order valence-electron chi connectivity index (χ1n) is 7.15. The molecule has 0 aliphatic carbocycles. The predicted molar refractivity (Wildman–Crippen MR) is 119 cm³/mol. The zero-order valence-corrected chi connectivity index (χ0v) is 18.7. The van der Waals surface area contributed by atoms with E-state index in [0.29, 0.717) is 24.6 Å². The van der Waals surface area contributed by atoms with Gasteiger partial charge in [0, 0.05) is 25.1 Å². The summed E-state index contributed by atoms with van der Waals surface area (Å²) >= 11 is 23.4. The molecule has 0 radical (unpaired) electrons. The Bertz CT molecular complexity index is 967. The lowest BCUT2D eigenvalue weighted by atomic mass is 10.2. The summed E-state index contributed by atoms with van der Waals surface area (Å²) in [6.07, 6.45) is 2.76. The van der Waals surface area contributed by atoms with Crippen LogP contribution in [0.4, 0.5) is 5.69 Å². The average molecular weight is 553 g/mol. The van der Waals surface area contributed by atoms with E-state index in [2.05, 4.69) is 42.5 Å². The third-order valence-corrected chi connectivity index (χ3v) is 4.99. The third-order valence-electron chi connectivity index (χ3n) is 3.14. The number of hydrogen-bond donors (Lipinski definition) is 3. The summed E-state index contributed by atoms with van der Waals surface area (Å²) in [7, 11) is 0. The third kappa shape index (κ3) is 6.29. The maximum atomic E-state index is 12.0. The monoisotopic (exact) mass is 550 g/mol. The Hall–Kier alpha value is -1.45. The average Bonchev–Trinajstić information content (AvgIpc) is 2.56. The normalized spacial score (nSPS) is 10.7. The van der Waals surface area contributed by atoms with E-state index >= 15 is 0 Å². The van der Waals surface area contributed by atoms with Crippen LogP contribution in [0.15, 0.2) is 45.4 Å². The molecule has 0 bridgehead atoms. The number of hydrogen-bond acceptors (Lipinski definition) is 3. The fraction of sp³-hybridized carbons (Fsp3) is 0. The maximum absolute atomic E-state index is 12.0. The Morgan fingerprint density at radius 1 is 1.15 bits per heavy atom. The molecule has 0 aliphatic heterocycles. The molecule has 5 nitrogen and oxygen atoms in total. The van der Waals surface area contributed by atoms with Gasteiger partial charge in [0.1, 0.15) is 0 Å². The van der Waals surface area contributed by atoms with Crippen molar-refractivity contribution in [2.45, 2.75) is 0 Å². The second-order valence-corrected chi connectivity index (χ2v) is 8.08. The molecule has 0 atom stereocenters. The Labute approximate surface area is 187 Å². The maximum Gasteiger partial charge on any atom is 0.337 e. The van der Waals surface area contributed by atoms with Crippen LogP contribution in [0.5, 0.6) is 0 Å². The standard InChI is InChI=1S/C17H10Br2Cl2N2O3S/c18-9-5-11(16(25)26)15(12(19)6-9)23-17(27)22-14(24)4-2-8-1-3-10(20)7-13(8)21/h1-7H,(H,25,26)(H2,22,23,24,27)/b4-2+. The number of benzene rings is 2. The molecule has 3 N–H and O–H groups in total. The van der Waals surface area contributed by atoms with Gasteiger partial charge >= 0.3 is 5.97 Å². The van der Waals surface area contributed by atoms with Gasteiger partial charge in [-0.3, -0.25) is 10.1 Å². The van der Waals surface area contributed by atoms with E-state index in [1.165, 1.54) is 18.2 Å². The first kappa shape index (κ1) is 21.8. The van der Waals surface area contributed by atoms with Gasteiger partial charge in [-0.05, 0) is 64.1 Å². The number of thiocarbonyl (C=S) groups is 1. The Kier molecular flexibility index (Phi) is 7.81. The highest BCUT2D eigenvalue weighted by Crippen LogP contribution is 2.31. The molecule has 0 aromatic heterocycles. The molecule has 0 saturated heterocycles. The lowest BCUT2D eigenvalue weighted by Gasteiger charge is -2.13. The zero-order valence-electron chi connectivity index (χ0n) is 13.2. The van der Waals surface area contributed by atoms with Crippen LogP contribution >= 0.6 is 67.3 Å². The predicted octanol–water partition coefficient (Wildman–Crippen LogP) is 5.74. The zero-order chi connectivity index (χ0) is 20.1. The quantitative estimate of drug-likeness (QED) is 0.333. The molecule has 0 spiro atoms. The van der Waals surface area contributed by atoms with Crippen LogP contribution in [0.2, 0.25) is 10.0 Å². The van der Waals surface area contributed by atoms with E-state index < -0.39 is 11.9 Å². The van der Waals surface area contributed by atoms with E-state index in [9.17, 15) is 14.7 Å². The highest BCUT2D eigenvalue weighted by molar-refractivity contribution is 9.11. The van der Waals surface area contributed by atoms with Crippen LogP contribution in [0.3, 0.4) is 0 Å². The molecular weight excluding hydrogens is 543 g/mol. The lowest BCUT2D eigenvalue weighted by Crippen LogP contribution is -2.33. The highest BCUT2D eigenvalue weighted by atomic mass is 79.9. The summed E-state index contributed by atoms with van der Waals surface area (Å²) in [6.45, 7) is 0. The largest absolute Gasteiger partial charge is 0.478 e. The van der Waals surface area contributed by atoms with Crippen molar-refractivity contribution in [2.24, 2.45) is 0 Å². The minimum Gasteiger partial charge on any atom is -0.478 e. The fourth-order valence-electron chi connectivity index (χ4n) is 1.97. The van der Waals surface area contributed by atoms with E-state index in [-0.39, 0.29) is 16.4 Å². The van der Waals surface area contributed by atoms with Crippen molar-refractivity contribution >= 4 is 96.0 Å². The summed E-state index contributed by atoms with van der Waals surface area (Å²) in [4.78, 5) is 23.4. The molecule has 1 amide bonds. The summed E-state index contributed by atoms with van der Waals surface area (Å²) in [6, 6.07) is 7.95. The SMILES string of the molecule is O=C(/C=C/c1ccc(Cl)cc1Cl)NC(=S)Nc1c(Br)cc(Br)cc1C(=O)O. The van der Waals surface area contributed by atoms with Crippen LogP contribution in [0, 0.1) is 0 Å². The molecule has 27 heavy (non-hydrogen) atoms. The number of nitrogens with one attached hydrogen (secondary N) is 2. The molecule has 140 valence electrons. The number of anilines is 1. The Balaban J connectivity index is 2.09. The molecule has 2 rings (SSSR count). The van der Waals surface area contributed by atoms with Gasteiger partial charge in [0.25, 0.3) is 0 Å². The molecule has 0 fully saturated rings. The number of carbonyl (C=O) groups is 2. The molecule has 0 saturated carbocycles. The smallest absolute Gasteiger partial charge is 0.337 e. The molecule has 2 aromatic carbocycles. The first-order chi connectivity index (χ1) is 12.7. The summed E-state index contributed by atoms with van der Waals surface area (Å²) in [5.74, 6) is -1.66. The van der Waals surface area contributed by atoms with Gasteiger partial charge in [0.2, 0.25) is 5.91 Å². The Morgan fingerprint density at radius 2 is 1.85 bits per heavy atom.